The number of carbonyl (C=O) groups excluding carboxylic acids is 1. The zero-order chi connectivity index (χ0) is 24.7. The maximum atomic E-state index is 13.6. The fourth-order valence-corrected chi connectivity index (χ4v) is 4.31. The zero-order valence-electron chi connectivity index (χ0n) is 20.2. The van der Waals surface area contributed by atoms with Crippen LogP contribution in [0.1, 0.15) is 21.5 Å². The first-order valence-corrected chi connectivity index (χ1v) is 12.0. The fourth-order valence-electron chi connectivity index (χ4n) is 4.31. The summed E-state index contributed by atoms with van der Waals surface area (Å²) in [5.74, 6) is 2.22. The number of ether oxygens (including phenoxy) is 2. The number of para-hydroxylation sites is 2. The second-order valence-electron chi connectivity index (χ2n) is 8.63. The minimum absolute atomic E-state index is 0.0214. The maximum absolute atomic E-state index is 13.6. The van der Waals surface area contributed by atoms with Crippen molar-refractivity contribution in [2.24, 2.45) is 0 Å². The summed E-state index contributed by atoms with van der Waals surface area (Å²) < 4.78 is 11.3. The van der Waals surface area contributed by atoms with Gasteiger partial charge in [-0.15, -0.1) is 0 Å². The van der Waals surface area contributed by atoms with Crippen LogP contribution in [0.5, 0.6) is 17.2 Å². The molecule has 0 aliphatic rings. The lowest BCUT2D eigenvalue weighted by Crippen LogP contribution is -2.32. The Morgan fingerprint density at radius 3 is 2.36 bits per heavy atom. The first kappa shape index (κ1) is 23.2. The number of nitrogens with zero attached hydrogens (tertiary/aromatic N) is 1. The quantitative estimate of drug-likeness (QED) is 0.253. The third-order valence-corrected chi connectivity index (χ3v) is 6.20. The Hall–Kier alpha value is -4.51. The van der Waals surface area contributed by atoms with Gasteiger partial charge in [-0.2, -0.15) is 0 Å². The van der Waals surface area contributed by atoms with Crippen molar-refractivity contribution in [1.29, 1.82) is 0 Å². The summed E-state index contributed by atoms with van der Waals surface area (Å²) in [6, 6.07) is 33.1. The van der Waals surface area contributed by atoms with Gasteiger partial charge in [0.1, 0.15) is 17.2 Å². The van der Waals surface area contributed by atoms with Crippen LogP contribution in [0, 0.1) is 0 Å². The lowest BCUT2D eigenvalue weighted by atomic mass is 10.1. The molecule has 1 amide bonds. The molecule has 1 aromatic heterocycles. The molecule has 1 N–H and O–H groups in total. The molecule has 5 heteroatoms. The highest BCUT2D eigenvalue weighted by atomic mass is 16.5. The molecule has 5 aromatic rings. The lowest BCUT2D eigenvalue weighted by Gasteiger charge is -2.23. The molecule has 0 bridgehead atoms. The zero-order valence-corrected chi connectivity index (χ0v) is 20.2. The molecule has 5 nitrogen and oxygen atoms in total. The van der Waals surface area contributed by atoms with E-state index in [1.165, 1.54) is 10.9 Å². The average molecular weight is 477 g/mol. The van der Waals surface area contributed by atoms with Gasteiger partial charge >= 0.3 is 0 Å². The summed E-state index contributed by atoms with van der Waals surface area (Å²) in [6.07, 6.45) is 2.78. The molecule has 0 aliphatic heterocycles. The number of fused-ring (bicyclic) bond motifs is 1. The molecule has 36 heavy (non-hydrogen) atoms. The highest BCUT2D eigenvalue weighted by Crippen LogP contribution is 2.24. The van der Waals surface area contributed by atoms with Crippen molar-refractivity contribution < 1.29 is 14.3 Å². The van der Waals surface area contributed by atoms with Crippen LogP contribution in [0.3, 0.4) is 0 Å². The Balaban J connectivity index is 1.38. The number of aromatic amines is 1. The minimum Gasteiger partial charge on any atom is -0.497 e. The normalized spacial score (nSPS) is 10.8. The van der Waals surface area contributed by atoms with Gasteiger partial charge in [-0.05, 0) is 72.1 Å². The van der Waals surface area contributed by atoms with Gasteiger partial charge in [0, 0.05) is 35.8 Å². The molecule has 0 unspecified atom stereocenters. The molecule has 4 aromatic carbocycles. The number of benzene rings is 4. The Bertz CT molecular complexity index is 1440. The fraction of sp³-hybridized carbons (Fsp3) is 0.129. The van der Waals surface area contributed by atoms with E-state index in [1.54, 1.807) is 7.11 Å². The van der Waals surface area contributed by atoms with Crippen molar-refractivity contribution in [2.75, 3.05) is 13.7 Å². The van der Waals surface area contributed by atoms with Crippen molar-refractivity contribution in [2.45, 2.75) is 13.0 Å². The van der Waals surface area contributed by atoms with Crippen LogP contribution in [0.2, 0.25) is 0 Å². The number of hydrogen-bond acceptors (Lipinski definition) is 3. The van der Waals surface area contributed by atoms with Gasteiger partial charge in [0.2, 0.25) is 0 Å². The van der Waals surface area contributed by atoms with Gasteiger partial charge < -0.3 is 19.4 Å². The predicted molar refractivity (Wildman–Crippen MR) is 143 cm³/mol. The number of aromatic nitrogens is 1. The van der Waals surface area contributed by atoms with Crippen LogP contribution in [0.25, 0.3) is 10.9 Å². The Labute approximate surface area is 210 Å². The number of H-pyrrole nitrogens is 1. The number of methoxy groups -OCH3 is 1. The van der Waals surface area contributed by atoms with Gasteiger partial charge in [-0.25, -0.2) is 0 Å². The van der Waals surface area contributed by atoms with E-state index in [9.17, 15) is 4.79 Å². The SMILES string of the molecule is COc1ccc(C(=O)N(CCc2c[nH]c3ccccc23)Cc2cccc(Oc3ccccc3)c2)cc1. The first-order chi connectivity index (χ1) is 17.7. The van der Waals surface area contributed by atoms with Crippen molar-refractivity contribution in [3.63, 3.8) is 0 Å². The van der Waals surface area contributed by atoms with E-state index in [4.69, 9.17) is 9.47 Å². The number of nitrogens with one attached hydrogen (secondary N) is 1. The number of rotatable bonds is 9. The Morgan fingerprint density at radius 2 is 1.56 bits per heavy atom. The molecule has 5 rings (SSSR count). The van der Waals surface area contributed by atoms with E-state index in [0.29, 0.717) is 18.7 Å². The summed E-state index contributed by atoms with van der Waals surface area (Å²) in [5.41, 5.74) is 3.93. The summed E-state index contributed by atoms with van der Waals surface area (Å²) >= 11 is 0. The molecule has 0 saturated heterocycles. The molecule has 0 fully saturated rings. The van der Waals surface area contributed by atoms with Crippen LogP contribution in [-0.2, 0) is 13.0 Å². The second kappa shape index (κ2) is 10.8. The highest BCUT2D eigenvalue weighted by molar-refractivity contribution is 5.94. The van der Waals surface area contributed by atoms with Gasteiger partial charge in [0.25, 0.3) is 5.91 Å². The molecule has 1 heterocycles. The van der Waals surface area contributed by atoms with Gasteiger partial charge in [-0.3, -0.25) is 4.79 Å². The van der Waals surface area contributed by atoms with Crippen LogP contribution in [0.4, 0.5) is 0 Å². The minimum atomic E-state index is -0.0214. The largest absolute Gasteiger partial charge is 0.497 e. The topological polar surface area (TPSA) is 54.6 Å². The van der Waals surface area contributed by atoms with Crippen LogP contribution >= 0.6 is 0 Å². The monoisotopic (exact) mass is 476 g/mol. The van der Waals surface area contributed by atoms with E-state index in [1.807, 2.05) is 102 Å². The third-order valence-electron chi connectivity index (χ3n) is 6.20. The number of carbonyl (C=O) groups is 1. The lowest BCUT2D eigenvalue weighted by molar-refractivity contribution is 0.0745. The summed E-state index contributed by atoms with van der Waals surface area (Å²) in [5, 5.41) is 1.19. The van der Waals surface area contributed by atoms with E-state index >= 15 is 0 Å². The molecular formula is C31H28N2O3. The molecule has 0 aliphatic carbocycles. The van der Waals surface area contributed by atoms with Crippen molar-refractivity contribution >= 4 is 16.8 Å². The van der Waals surface area contributed by atoms with E-state index in [2.05, 4.69) is 17.1 Å². The molecule has 0 atom stereocenters. The predicted octanol–water partition coefficient (Wildman–Crippen LogP) is 6.85. The molecule has 0 saturated carbocycles. The van der Waals surface area contributed by atoms with Crippen molar-refractivity contribution in [3.05, 3.63) is 126 Å². The third kappa shape index (κ3) is 5.41. The maximum Gasteiger partial charge on any atom is 0.254 e. The van der Waals surface area contributed by atoms with Crippen molar-refractivity contribution in [3.8, 4) is 17.2 Å². The second-order valence-corrected chi connectivity index (χ2v) is 8.63. The van der Waals surface area contributed by atoms with E-state index < -0.39 is 0 Å². The summed E-state index contributed by atoms with van der Waals surface area (Å²) in [6.45, 7) is 1.05. The van der Waals surface area contributed by atoms with Crippen LogP contribution < -0.4 is 9.47 Å². The van der Waals surface area contributed by atoms with Crippen LogP contribution in [-0.4, -0.2) is 29.4 Å². The van der Waals surface area contributed by atoms with Crippen molar-refractivity contribution in [1.82, 2.24) is 9.88 Å². The molecule has 0 radical (unpaired) electrons. The molecule has 0 spiro atoms. The average Bonchev–Trinajstić information content (AvgIpc) is 3.34. The Morgan fingerprint density at radius 1 is 0.806 bits per heavy atom. The first-order valence-electron chi connectivity index (χ1n) is 12.0. The number of amides is 1. The summed E-state index contributed by atoms with van der Waals surface area (Å²) in [7, 11) is 1.62. The number of hydrogen-bond donors (Lipinski definition) is 1. The van der Waals surface area contributed by atoms with E-state index in [0.717, 1.165) is 34.7 Å². The van der Waals surface area contributed by atoms with Gasteiger partial charge in [0.15, 0.2) is 0 Å². The smallest absolute Gasteiger partial charge is 0.254 e. The Kier molecular flexibility index (Phi) is 6.99. The van der Waals surface area contributed by atoms with E-state index in [-0.39, 0.29) is 5.91 Å². The standard InChI is InChI=1S/C31H28N2O3/c1-35-26-16-14-24(15-17-26)31(34)33(19-18-25-21-32-30-13-6-5-12-29(25)30)22-23-8-7-11-28(20-23)36-27-9-3-2-4-10-27/h2-17,20-21,32H,18-19,22H2,1H3. The highest BCUT2D eigenvalue weighted by Gasteiger charge is 2.18. The van der Waals surface area contributed by atoms with Gasteiger partial charge in [-0.1, -0.05) is 48.5 Å². The van der Waals surface area contributed by atoms with Gasteiger partial charge in [0.05, 0.1) is 7.11 Å². The summed E-state index contributed by atoms with van der Waals surface area (Å²) in [4.78, 5) is 18.8. The molecular weight excluding hydrogens is 448 g/mol. The molecule has 180 valence electrons. The van der Waals surface area contributed by atoms with Crippen LogP contribution in [0.15, 0.2) is 109 Å².